The summed E-state index contributed by atoms with van der Waals surface area (Å²) in [7, 11) is 0. The van der Waals surface area contributed by atoms with E-state index in [0.717, 1.165) is 5.56 Å². The van der Waals surface area contributed by atoms with Crippen molar-refractivity contribution in [2.45, 2.75) is 39.3 Å². The Kier molecular flexibility index (Phi) is 7.37. The van der Waals surface area contributed by atoms with Gasteiger partial charge >= 0.3 is 6.09 Å². The zero-order valence-corrected chi connectivity index (χ0v) is 16.3. The summed E-state index contributed by atoms with van der Waals surface area (Å²) >= 11 is 0. The van der Waals surface area contributed by atoms with Gasteiger partial charge < -0.3 is 20.7 Å². The average molecular weight is 387 g/mol. The molecule has 0 atom stereocenters. The number of amides is 2. The standard InChI is InChI=1S/C21H26FN3O3/c1-21(2,3)28-20(27)23-12-11-19(26)25-17-10-9-16(22)13-18(17)24-14-15-7-5-4-6-8-15/h4-10,13,24H,11-12,14H2,1-3H3,(H,23,27)(H,25,26). The van der Waals surface area contributed by atoms with E-state index in [9.17, 15) is 14.0 Å². The van der Waals surface area contributed by atoms with E-state index in [1.54, 1.807) is 20.8 Å². The largest absolute Gasteiger partial charge is 0.444 e. The van der Waals surface area contributed by atoms with Crippen LogP contribution in [0, 0.1) is 5.82 Å². The van der Waals surface area contributed by atoms with Crippen LogP contribution >= 0.6 is 0 Å². The van der Waals surface area contributed by atoms with Gasteiger partial charge in [0.05, 0.1) is 11.4 Å². The molecular weight excluding hydrogens is 361 g/mol. The third kappa shape index (κ3) is 7.65. The van der Waals surface area contributed by atoms with Crippen molar-refractivity contribution in [3.8, 4) is 0 Å². The Labute approximate surface area is 164 Å². The number of halogens is 1. The van der Waals surface area contributed by atoms with Gasteiger partial charge in [-0.05, 0) is 44.5 Å². The quantitative estimate of drug-likeness (QED) is 0.662. The van der Waals surface area contributed by atoms with Crippen molar-refractivity contribution in [2.75, 3.05) is 17.2 Å². The lowest BCUT2D eigenvalue weighted by atomic mass is 10.2. The summed E-state index contributed by atoms with van der Waals surface area (Å²) in [5.41, 5.74) is 1.39. The van der Waals surface area contributed by atoms with E-state index in [1.807, 2.05) is 30.3 Å². The maximum absolute atomic E-state index is 13.6. The number of nitrogens with one attached hydrogen (secondary N) is 3. The molecule has 0 aromatic heterocycles. The molecule has 7 heteroatoms. The molecule has 0 spiro atoms. The fourth-order valence-electron chi connectivity index (χ4n) is 2.37. The number of hydrogen-bond acceptors (Lipinski definition) is 4. The molecule has 3 N–H and O–H groups in total. The first kappa shape index (κ1) is 21.2. The second kappa shape index (κ2) is 9.73. The van der Waals surface area contributed by atoms with Crippen LogP contribution in [0.25, 0.3) is 0 Å². The molecule has 150 valence electrons. The van der Waals surface area contributed by atoms with Crippen molar-refractivity contribution >= 4 is 23.4 Å². The summed E-state index contributed by atoms with van der Waals surface area (Å²) in [6, 6.07) is 13.8. The number of hydrogen-bond donors (Lipinski definition) is 3. The van der Waals surface area contributed by atoms with Crippen molar-refractivity contribution < 1.29 is 18.7 Å². The van der Waals surface area contributed by atoms with E-state index in [-0.39, 0.29) is 18.9 Å². The smallest absolute Gasteiger partial charge is 0.407 e. The molecule has 28 heavy (non-hydrogen) atoms. The zero-order chi connectivity index (χ0) is 20.6. The van der Waals surface area contributed by atoms with Gasteiger partial charge in [0.15, 0.2) is 0 Å². The minimum absolute atomic E-state index is 0.0642. The van der Waals surface area contributed by atoms with Gasteiger partial charge in [-0.25, -0.2) is 9.18 Å². The predicted molar refractivity (Wildman–Crippen MR) is 108 cm³/mol. The third-order valence-electron chi connectivity index (χ3n) is 3.60. The number of alkyl carbamates (subject to hydrolysis) is 1. The van der Waals surface area contributed by atoms with Gasteiger partial charge in [-0.15, -0.1) is 0 Å². The van der Waals surface area contributed by atoms with Crippen molar-refractivity contribution in [1.29, 1.82) is 0 Å². The van der Waals surface area contributed by atoms with E-state index in [0.29, 0.717) is 17.9 Å². The Balaban J connectivity index is 1.88. The second-order valence-electron chi connectivity index (χ2n) is 7.26. The summed E-state index contributed by atoms with van der Waals surface area (Å²) in [6.45, 7) is 5.91. The predicted octanol–water partition coefficient (Wildman–Crippen LogP) is 4.29. The maximum atomic E-state index is 13.6. The van der Waals surface area contributed by atoms with Crippen molar-refractivity contribution in [3.63, 3.8) is 0 Å². The zero-order valence-electron chi connectivity index (χ0n) is 16.3. The number of carbonyl (C=O) groups excluding carboxylic acids is 2. The van der Waals surface area contributed by atoms with E-state index < -0.39 is 17.5 Å². The van der Waals surface area contributed by atoms with Crippen LogP contribution in [0.3, 0.4) is 0 Å². The summed E-state index contributed by atoms with van der Waals surface area (Å²) in [5.74, 6) is -0.703. The van der Waals surface area contributed by atoms with Crippen LogP contribution < -0.4 is 16.0 Å². The van der Waals surface area contributed by atoms with Gasteiger partial charge in [0, 0.05) is 19.5 Å². The highest BCUT2D eigenvalue weighted by Gasteiger charge is 2.16. The monoisotopic (exact) mass is 387 g/mol. The van der Waals surface area contributed by atoms with E-state index in [4.69, 9.17) is 4.74 Å². The number of ether oxygens (including phenoxy) is 1. The molecular formula is C21H26FN3O3. The molecule has 2 aromatic carbocycles. The third-order valence-corrected chi connectivity index (χ3v) is 3.60. The van der Waals surface area contributed by atoms with Crippen molar-refractivity contribution in [3.05, 3.63) is 59.9 Å². The van der Waals surface area contributed by atoms with Gasteiger partial charge in [-0.2, -0.15) is 0 Å². The number of benzene rings is 2. The molecule has 0 radical (unpaired) electrons. The first-order valence-corrected chi connectivity index (χ1v) is 9.07. The lowest BCUT2D eigenvalue weighted by Gasteiger charge is -2.19. The fourth-order valence-corrected chi connectivity index (χ4v) is 2.37. The minimum atomic E-state index is -0.597. The molecule has 0 aliphatic rings. The molecule has 0 bridgehead atoms. The Bertz CT molecular complexity index is 804. The average Bonchev–Trinajstić information content (AvgIpc) is 2.61. The molecule has 0 saturated carbocycles. The van der Waals surface area contributed by atoms with Gasteiger partial charge in [0.25, 0.3) is 0 Å². The first-order valence-electron chi connectivity index (χ1n) is 9.07. The van der Waals surface area contributed by atoms with Crippen LogP contribution in [0.5, 0.6) is 0 Å². The highest BCUT2D eigenvalue weighted by Crippen LogP contribution is 2.23. The molecule has 0 fully saturated rings. The summed E-state index contributed by atoms with van der Waals surface area (Å²) in [5, 5.41) is 8.40. The van der Waals surface area contributed by atoms with Crippen LogP contribution in [-0.2, 0) is 16.1 Å². The minimum Gasteiger partial charge on any atom is -0.444 e. The Hall–Kier alpha value is -3.09. The van der Waals surface area contributed by atoms with Gasteiger partial charge in [0.2, 0.25) is 5.91 Å². The van der Waals surface area contributed by atoms with Gasteiger partial charge in [-0.3, -0.25) is 4.79 Å². The lowest BCUT2D eigenvalue weighted by Crippen LogP contribution is -2.34. The summed E-state index contributed by atoms with van der Waals surface area (Å²) in [4.78, 5) is 23.8. The summed E-state index contributed by atoms with van der Waals surface area (Å²) in [6.07, 6.45) is -0.512. The van der Waals surface area contributed by atoms with Crippen molar-refractivity contribution in [1.82, 2.24) is 5.32 Å². The van der Waals surface area contributed by atoms with Crippen LogP contribution in [0.15, 0.2) is 48.5 Å². The number of carbonyl (C=O) groups is 2. The fraction of sp³-hybridized carbons (Fsp3) is 0.333. The van der Waals surface area contributed by atoms with Crippen LogP contribution in [-0.4, -0.2) is 24.1 Å². The first-order chi connectivity index (χ1) is 13.2. The normalized spacial score (nSPS) is 10.9. The molecule has 2 aromatic rings. The topological polar surface area (TPSA) is 79.5 Å². The van der Waals surface area contributed by atoms with Crippen LogP contribution in [0.4, 0.5) is 20.6 Å². The lowest BCUT2D eigenvalue weighted by molar-refractivity contribution is -0.116. The molecule has 6 nitrogen and oxygen atoms in total. The van der Waals surface area contributed by atoms with E-state index in [2.05, 4.69) is 16.0 Å². The second-order valence-corrected chi connectivity index (χ2v) is 7.26. The summed E-state index contributed by atoms with van der Waals surface area (Å²) < 4.78 is 18.7. The van der Waals surface area contributed by atoms with E-state index >= 15 is 0 Å². The molecule has 2 rings (SSSR count). The molecule has 0 saturated heterocycles. The Morgan fingerprint density at radius 2 is 1.75 bits per heavy atom. The van der Waals surface area contributed by atoms with Crippen LogP contribution in [0.2, 0.25) is 0 Å². The Morgan fingerprint density at radius 3 is 2.43 bits per heavy atom. The van der Waals surface area contributed by atoms with Crippen molar-refractivity contribution in [2.24, 2.45) is 0 Å². The molecule has 0 heterocycles. The number of rotatable bonds is 7. The highest BCUT2D eigenvalue weighted by atomic mass is 19.1. The van der Waals surface area contributed by atoms with Gasteiger partial charge in [0.1, 0.15) is 11.4 Å². The SMILES string of the molecule is CC(C)(C)OC(=O)NCCC(=O)Nc1ccc(F)cc1NCc1ccccc1. The Morgan fingerprint density at radius 1 is 1.04 bits per heavy atom. The van der Waals surface area contributed by atoms with E-state index in [1.165, 1.54) is 18.2 Å². The molecule has 0 unspecified atom stereocenters. The van der Waals surface area contributed by atoms with Gasteiger partial charge in [-0.1, -0.05) is 30.3 Å². The maximum Gasteiger partial charge on any atom is 0.407 e. The highest BCUT2D eigenvalue weighted by molar-refractivity contribution is 5.94. The number of anilines is 2. The van der Waals surface area contributed by atoms with Crippen LogP contribution in [0.1, 0.15) is 32.8 Å². The molecule has 2 amide bonds. The molecule has 0 aliphatic carbocycles. The molecule has 0 aliphatic heterocycles.